The molecular weight excluding hydrogens is 589 g/mol. The maximum absolute atomic E-state index is 13.5. The van der Waals surface area contributed by atoms with Crippen LogP contribution in [0.4, 0.5) is 15.8 Å². The van der Waals surface area contributed by atoms with Gasteiger partial charge >= 0.3 is 0 Å². The van der Waals surface area contributed by atoms with E-state index < -0.39 is 22.9 Å². The fourth-order valence-corrected chi connectivity index (χ4v) is 5.01. The minimum absolute atomic E-state index is 0.0183. The maximum Gasteiger partial charge on any atom is 0.272 e. The normalized spacial score (nSPS) is 11.8. The molecule has 4 aromatic rings. The standard InChI is InChI=1S/C33H29ClFN3O4S/c1-3-42-30-15-8-7-12-23(30)18-29(38-32(40)22-10-5-4-6-11-22)33(41)37-24-13-9-14-26(19-24)43-21(2)31(39)36-25-16-17-28(35)27(34)20-25/h4-21H,3H2,1-2H3,(H,36,39)(H,37,41)(H,38,40)/b29-18+. The van der Waals surface area contributed by atoms with Gasteiger partial charge < -0.3 is 20.7 Å². The molecule has 0 aliphatic rings. The third-order valence-corrected chi connectivity index (χ3v) is 7.39. The van der Waals surface area contributed by atoms with Gasteiger partial charge in [-0.25, -0.2) is 4.39 Å². The molecule has 10 heteroatoms. The van der Waals surface area contributed by atoms with Crippen molar-refractivity contribution >= 4 is 58.5 Å². The average Bonchev–Trinajstić information content (AvgIpc) is 3.00. The zero-order valence-electron chi connectivity index (χ0n) is 23.4. The Balaban J connectivity index is 1.51. The number of ether oxygens (including phenoxy) is 1. The number of carbonyl (C=O) groups is 3. The molecule has 220 valence electrons. The van der Waals surface area contributed by atoms with Crippen LogP contribution in [0.3, 0.4) is 0 Å². The van der Waals surface area contributed by atoms with Crippen LogP contribution >= 0.6 is 23.4 Å². The van der Waals surface area contributed by atoms with Crippen LogP contribution in [0, 0.1) is 5.82 Å². The van der Waals surface area contributed by atoms with Crippen molar-refractivity contribution in [2.24, 2.45) is 0 Å². The lowest BCUT2D eigenvalue weighted by Crippen LogP contribution is -2.30. The van der Waals surface area contributed by atoms with Crippen molar-refractivity contribution in [2.45, 2.75) is 24.0 Å². The summed E-state index contributed by atoms with van der Waals surface area (Å²) in [5, 5.41) is 7.68. The van der Waals surface area contributed by atoms with Gasteiger partial charge in [0.25, 0.3) is 11.8 Å². The first-order valence-corrected chi connectivity index (χ1v) is 14.6. The summed E-state index contributed by atoms with van der Waals surface area (Å²) in [6.07, 6.45) is 1.56. The number of rotatable bonds is 11. The molecule has 0 heterocycles. The summed E-state index contributed by atoms with van der Waals surface area (Å²) >= 11 is 7.09. The van der Waals surface area contributed by atoms with Crippen molar-refractivity contribution in [3.05, 3.63) is 125 Å². The highest BCUT2D eigenvalue weighted by Crippen LogP contribution is 2.28. The van der Waals surface area contributed by atoms with Gasteiger partial charge in [0.15, 0.2) is 0 Å². The van der Waals surface area contributed by atoms with E-state index >= 15 is 0 Å². The molecule has 1 atom stereocenters. The van der Waals surface area contributed by atoms with Gasteiger partial charge in [-0.05, 0) is 74.5 Å². The van der Waals surface area contributed by atoms with Crippen molar-refractivity contribution in [3.8, 4) is 5.75 Å². The second-order valence-electron chi connectivity index (χ2n) is 9.21. The Bertz CT molecular complexity index is 1650. The third kappa shape index (κ3) is 8.94. The number of anilines is 2. The van der Waals surface area contributed by atoms with Gasteiger partial charge in [0.2, 0.25) is 5.91 Å². The number of benzene rings is 4. The molecule has 0 aliphatic heterocycles. The fraction of sp³-hybridized carbons (Fsp3) is 0.121. The zero-order chi connectivity index (χ0) is 30.8. The van der Waals surface area contributed by atoms with Crippen LogP contribution in [-0.2, 0) is 9.59 Å². The van der Waals surface area contributed by atoms with E-state index in [1.165, 1.54) is 30.0 Å². The number of nitrogens with one attached hydrogen (secondary N) is 3. The smallest absolute Gasteiger partial charge is 0.272 e. The summed E-state index contributed by atoms with van der Waals surface area (Å²) in [6.45, 7) is 4.02. The van der Waals surface area contributed by atoms with Crippen molar-refractivity contribution in [2.75, 3.05) is 17.2 Å². The summed E-state index contributed by atoms with van der Waals surface area (Å²) in [4.78, 5) is 40.0. The molecule has 0 aromatic heterocycles. The van der Waals surface area contributed by atoms with Crippen LogP contribution in [0.2, 0.25) is 5.02 Å². The number of para-hydroxylation sites is 1. The van der Waals surface area contributed by atoms with Crippen LogP contribution < -0.4 is 20.7 Å². The Morgan fingerprint density at radius 1 is 0.907 bits per heavy atom. The summed E-state index contributed by atoms with van der Waals surface area (Å²) in [6, 6.07) is 26.7. The summed E-state index contributed by atoms with van der Waals surface area (Å²) < 4.78 is 19.1. The van der Waals surface area contributed by atoms with Crippen LogP contribution in [0.5, 0.6) is 5.75 Å². The highest BCUT2D eigenvalue weighted by Gasteiger charge is 2.18. The van der Waals surface area contributed by atoms with Crippen molar-refractivity contribution in [1.82, 2.24) is 5.32 Å². The molecule has 7 nitrogen and oxygen atoms in total. The van der Waals surface area contributed by atoms with E-state index in [4.69, 9.17) is 16.3 Å². The molecule has 3 N–H and O–H groups in total. The largest absolute Gasteiger partial charge is 0.493 e. The van der Waals surface area contributed by atoms with Gasteiger partial charge in [0.05, 0.1) is 16.9 Å². The van der Waals surface area contributed by atoms with Crippen LogP contribution in [0.25, 0.3) is 6.08 Å². The summed E-state index contributed by atoms with van der Waals surface area (Å²) in [5.41, 5.74) is 1.88. The molecule has 4 aromatic carbocycles. The van der Waals surface area contributed by atoms with E-state index in [9.17, 15) is 18.8 Å². The first kappa shape index (κ1) is 31.3. The predicted octanol–water partition coefficient (Wildman–Crippen LogP) is 7.41. The number of halogens is 2. The van der Waals surface area contributed by atoms with E-state index in [-0.39, 0.29) is 16.6 Å². The third-order valence-electron chi connectivity index (χ3n) is 6.01. The van der Waals surface area contributed by atoms with Gasteiger partial charge in [-0.3, -0.25) is 14.4 Å². The lowest BCUT2D eigenvalue weighted by atomic mass is 10.1. The molecule has 0 saturated heterocycles. The Morgan fingerprint density at radius 2 is 1.63 bits per heavy atom. The molecular formula is C33H29ClFN3O4S. The van der Waals surface area contributed by atoms with Crippen molar-refractivity contribution < 1.29 is 23.5 Å². The Labute approximate surface area is 258 Å². The molecule has 0 aliphatic carbocycles. The van der Waals surface area contributed by atoms with Gasteiger partial charge in [-0.15, -0.1) is 11.8 Å². The van der Waals surface area contributed by atoms with E-state index in [1.54, 1.807) is 73.7 Å². The van der Waals surface area contributed by atoms with Gasteiger partial charge in [0.1, 0.15) is 17.3 Å². The molecule has 1 unspecified atom stereocenters. The van der Waals surface area contributed by atoms with Crippen LogP contribution in [0.1, 0.15) is 29.8 Å². The van der Waals surface area contributed by atoms with Crippen LogP contribution in [-0.4, -0.2) is 29.6 Å². The van der Waals surface area contributed by atoms with Crippen molar-refractivity contribution in [1.29, 1.82) is 0 Å². The first-order valence-electron chi connectivity index (χ1n) is 13.4. The second kappa shape index (κ2) is 15.0. The SMILES string of the molecule is CCOc1ccccc1/C=C(/NC(=O)c1ccccc1)C(=O)Nc1cccc(SC(C)C(=O)Nc2ccc(F)c(Cl)c2)c1. The highest BCUT2D eigenvalue weighted by molar-refractivity contribution is 8.00. The topological polar surface area (TPSA) is 96.5 Å². The van der Waals surface area contributed by atoms with Crippen molar-refractivity contribution in [3.63, 3.8) is 0 Å². The first-order chi connectivity index (χ1) is 20.7. The number of hydrogen-bond acceptors (Lipinski definition) is 5. The number of carbonyl (C=O) groups excluding carboxylic acids is 3. The zero-order valence-corrected chi connectivity index (χ0v) is 25.0. The van der Waals surface area contributed by atoms with E-state index in [0.717, 1.165) is 4.90 Å². The number of hydrogen-bond donors (Lipinski definition) is 3. The fourth-order valence-electron chi connectivity index (χ4n) is 3.91. The molecule has 3 amide bonds. The number of thioether (sulfide) groups is 1. The summed E-state index contributed by atoms with van der Waals surface area (Å²) in [5.74, 6) is -1.29. The van der Waals surface area contributed by atoms with Gasteiger partial charge in [-0.1, -0.05) is 54.1 Å². The minimum atomic E-state index is -0.572. The second-order valence-corrected chi connectivity index (χ2v) is 11.0. The molecule has 0 fully saturated rings. The Kier molecular flexibility index (Phi) is 11.0. The predicted molar refractivity (Wildman–Crippen MR) is 170 cm³/mol. The minimum Gasteiger partial charge on any atom is -0.493 e. The molecule has 43 heavy (non-hydrogen) atoms. The van der Waals surface area contributed by atoms with E-state index in [0.29, 0.717) is 34.9 Å². The average molecular weight is 618 g/mol. The highest BCUT2D eigenvalue weighted by atomic mass is 35.5. The van der Waals surface area contributed by atoms with Gasteiger partial charge in [0, 0.05) is 27.4 Å². The molecule has 0 radical (unpaired) electrons. The Morgan fingerprint density at radius 3 is 2.37 bits per heavy atom. The molecule has 0 saturated carbocycles. The quantitative estimate of drug-likeness (QED) is 0.120. The van der Waals surface area contributed by atoms with Gasteiger partial charge in [-0.2, -0.15) is 0 Å². The maximum atomic E-state index is 13.5. The summed E-state index contributed by atoms with van der Waals surface area (Å²) in [7, 11) is 0. The molecule has 4 rings (SSSR count). The Hall–Kier alpha value is -4.60. The monoisotopic (exact) mass is 617 g/mol. The lowest BCUT2D eigenvalue weighted by molar-refractivity contribution is -0.115. The molecule has 0 bridgehead atoms. The van der Waals surface area contributed by atoms with E-state index in [1.807, 2.05) is 25.1 Å². The lowest BCUT2D eigenvalue weighted by Gasteiger charge is -2.15. The van der Waals surface area contributed by atoms with E-state index in [2.05, 4.69) is 16.0 Å². The van der Waals surface area contributed by atoms with Crippen LogP contribution in [0.15, 0.2) is 108 Å². The molecule has 0 spiro atoms. The number of amides is 3.